The van der Waals surface area contributed by atoms with Crippen LogP contribution in [0, 0.1) is 0 Å². The van der Waals surface area contributed by atoms with Gasteiger partial charge in [-0.3, -0.25) is 0 Å². The van der Waals surface area contributed by atoms with Crippen molar-refractivity contribution in [2.24, 2.45) is 0 Å². The van der Waals surface area contributed by atoms with Crippen LogP contribution in [0.25, 0.3) is 0 Å². The van der Waals surface area contributed by atoms with Crippen LogP contribution < -0.4 is 14.8 Å². The van der Waals surface area contributed by atoms with E-state index < -0.39 is 0 Å². The zero-order valence-electron chi connectivity index (χ0n) is 14.8. The van der Waals surface area contributed by atoms with Crippen molar-refractivity contribution in [3.63, 3.8) is 0 Å². The van der Waals surface area contributed by atoms with Crippen LogP contribution in [0.4, 0.5) is 0 Å². The molecule has 0 fully saturated rings. The predicted molar refractivity (Wildman–Crippen MR) is 106 cm³/mol. The Balaban J connectivity index is 1.43. The van der Waals surface area contributed by atoms with E-state index in [2.05, 4.69) is 22.3 Å². The second-order valence-electron chi connectivity index (χ2n) is 6.27. The van der Waals surface area contributed by atoms with Crippen LogP contribution in [0.1, 0.15) is 16.9 Å². The van der Waals surface area contributed by atoms with Gasteiger partial charge >= 0.3 is 0 Å². The molecule has 0 radical (unpaired) electrons. The Bertz CT molecular complexity index is 897. The molecule has 0 bridgehead atoms. The Hall–Kier alpha value is -2.99. The Kier molecular flexibility index (Phi) is 5.25. The Labute approximate surface area is 163 Å². The number of nitrogens with one attached hydrogen (secondary N) is 1. The quantitative estimate of drug-likeness (QED) is 0.650. The third-order valence-corrected chi connectivity index (χ3v) is 4.71. The molecule has 4 rings (SSSR count). The number of rotatable bonds is 6. The number of ether oxygens (including phenoxy) is 2. The summed E-state index contributed by atoms with van der Waals surface area (Å²) in [6, 6.07) is 20.0. The molecule has 0 atom stereocenters. The summed E-state index contributed by atoms with van der Waals surface area (Å²) in [5.41, 5.74) is 2.27. The summed E-state index contributed by atoms with van der Waals surface area (Å²) in [5, 5.41) is 4.02. The fourth-order valence-corrected chi connectivity index (χ4v) is 3.14. The van der Waals surface area contributed by atoms with Crippen LogP contribution in [-0.2, 0) is 19.6 Å². The largest absolute Gasteiger partial charge is 0.467 e. The predicted octanol–water partition coefficient (Wildman–Crippen LogP) is 4.09. The number of furan rings is 1. The minimum absolute atomic E-state index is 0.276. The minimum Gasteiger partial charge on any atom is -0.467 e. The van der Waals surface area contributed by atoms with Gasteiger partial charge in [0.2, 0.25) is 6.79 Å². The molecule has 0 saturated carbocycles. The summed E-state index contributed by atoms with van der Waals surface area (Å²) in [6.45, 7) is 2.20. The lowest BCUT2D eigenvalue weighted by molar-refractivity contribution is 0.174. The maximum atomic E-state index is 5.66. The van der Waals surface area contributed by atoms with E-state index in [0.29, 0.717) is 24.7 Å². The zero-order valence-corrected chi connectivity index (χ0v) is 15.6. The van der Waals surface area contributed by atoms with Crippen molar-refractivity contribution in [2.45, 2.75) is 19.6 Å². The van der Waals surface area contributed by atoms with Gasteiger partial charge < -0.3 is 24.1 Å². The number of benzene rings is 2. The van der Waals surface area contributed by atoms with E-state index in [4.69, 9.17) is 26.1 Å². The number of nitrogens with zero attached hydrogens (tertiary/aromatic N) is 1. The van der Waals surface area contributed by atoms with Gasteiger partial charge in [-0.1, -0.05) is 36.4 Å². The van der Waals surface area contributed by atoms with Crippen LogP contribution in [0.15, 0.2) is 71.3 Å². The van der Waals surface area contributed by atoms with Crippen molar-refractivity contribution in [3.8, 4) is 11.5 Å². The van der Waals surface area contributed by atoms with Gasteiger partial charge in [-0.05, 0) is 47.6 Å². The highest BCUT2D eigenvalue weighted by molar-refractivity contribution is 7.80. The summed E-state index contributed by atoms with van der Waals surface area (Å²) >= 11 is 5.66. The number of thiocarbonyl (C=S) groups is 1. The second kappa shape index (κ2) is 8.14. The monoisotopic (exact) mass is 380 g/mol. The fraction of sp³-hybridized carbons (Fsp3) is 0.190. The highest BCUT2D eigenvalue weighted by Crippen LogP contribution is 2.32. The summed E-state index contributed by atoms with van der Waals surface area (Å²) in [4.78, 5) is 2.09. The summed E-state index contributed by atoms with van der Waals surface area (Å²) < 4.78 is 16.3. The second-order valence-corrected chi connectivity index (χ2v) is 6.65. The molecule has 0 spiro atoms. The van der Waals surface area contributed by atoms with Gasteiger partial charge in [0.15, 0.2) is 16.6 Å². The minimum atomic E-state index is 0.276. The summed E-state index contributed by atoms with van der Waals surface area (Å²) in [7, 11) is 0. The van der Waals surface area contributed by atoms with Crippen molar-refractivity contribution in [3.05, 3.63) is 83.8 Å². The van der Waals surface area contributed by atoms with Gasteiger partial charge in [0.05, 0.1) is 12.8 Å². The highest BCUT2D eigenvalue weighted by Gasteiger charge is 2.15. The fourth-order valence-electron chi connectivity index (χ4n) is 2.93. The molecule has 27 heavy (non-hydrogen) atoms. The van der Waals surface area contributed by atoms with Gasteiger partial charge in [0, 0.05) is 13.1 Å². The maximum Gasteiger partial charge on any atom is 0.231 e. The van der Waals surface area contributed by atoms with Crippen molar-refractivity contribution >= 4 is 17.3 Å². The maximum absolute atomic E-state index is 5.66. The molecule has 138 valence electrons. The van der Waals surface area contributed by atoms with Crippen LogP contribution in [0.2, 0.25) is 0 Å². The topological polar surface area (TPSA) is 46.9 Å². The highest BCUT2D eigenvalue weighted by atomic mass is 32.1. The lowest BCUT2D eigenvalue weighted by Gasteiger charge is -2.25. The molecular formula is C21H20N2O3S. The van der Waals surface area contributed by atoms with Crippen molar-refractivity contribution < 1.29 is 13.9 Å². The molecule has 0 amide bonds. The number of hydrogen-bond acceptors (Lipinski definition) is 4. The van der Waals surface area contributed by atoms with E-state index in [1.165, 1.54) is 5.56 Å². The molecule has 2 aromatic carbocycles. The van der Waals surface area contributed by atoms with Gasteiger partial charge in [0.1, 0.15) is 5.76 Å². The lowest BCUT2D eigenvalue weighted by Crippen LogP contribution is -2.38. The molecule has 1 aliphatic heterocycles. The Morgan fingerprint density at radius 3 is 2.59 bits per heavy atom. The number of fused-ring (bicyclic) bond motifs is 1. The first-order chi connectivity index (χ1) is 13.3. The summed E-state index contributed by atoms with van der Waals surface area (Å²) in [5.74, 6) is 2.43. The Morgan fingerprint density at radius 2 is 1.78 bits per heavy atom. The third kappa shape index (κ3) is 4.41. The van der Waals surface area contributed by atoms with E-state index in [-0.39, 0.29) is 6.79 Å². The smallest absolute Gasteiger partial charge is 0.231 e. The van der Waals surface area contributed by atoms with E-state index in [0.717, 1.165) is 22.8 Å². The van der Waals surface area contributed by atoms with Crippen molar-refractivity contribution in [1.29, 1.82) is 0 Å². The van der Waals surface area contributed by atoms with Gasteiger partial charge in [-0.15, -0.1) is 0 Å². The molecule has 2 heterocycles. The van der Waals surface area contributed by atoms with E-state index in [9.17, 15) is 0 Å². The molecule has 1 aromatic heterocycles. The summed E-state index contributed by atoms with van der Waals surface area (Å²) in [6.07, 6.45) is 1.68. The van der Waals surface area contributed by atoms with E-state index >= 15 is 0 Å². The SMILES string of the molecule is S=C(NCc1ccc2c(c1)OCO2)N(Cc1ccccc1)Cc1ccco1. The molecular weight excluding hydrogens is 360 g/mol. The molecule has 6 heteroatoms. The average Bonchev–Trinajstić information content (AvgIpc) is 3.37. The molecule has 1 aliphatic rings. The standard InChI is InChI=1S/C21H20N2O3S/c27-21(22-12-17-8-9-19-20(11-17)26-15-25-19)23(14-18-7-4-10-24-18)13-16-5-2-1-3-6-16/h1-11H,12-15H2,(H,22,27). The first-order valence-electron chi connectivity index (χ1n) is 8.75. The average molecular weight is 380 g/mol. The van der Waals surface area contributed by atoms with Crippen molar-refractivity contribution in [2.75, 3.05) is 6.79 Å². The number of hydrogen-bond donors (Lipinski definition) is 1. The molecule has 0 unspecified atom stereocenters. The Morgan fingerprint density at radius 1 is 0.926 bits per heavy atom. The van der Waals surface area contributed by atoms with Gasteiger partial charge in [-0.2, -0.15) is 0 Å². The normalized spacial score (nSPS) is 12.0. The molecule has 5 nitrogen and oxygen atoms in total. The molecule has 0 saturated heterocycles. The molecule has 3 aromatic rings. The lowest BCUT2D eigenvalue weighted by atomic mass is 10.2. The first-order valence-corrected chi connectivity index (χ1v) is 9.16. The van der Waals surface area contributed by atoms with E-state index in [1.54, 1.807) is 6.26 Å². The van der Waals surface area contributed by atoms with Gasteiger partial charge in [0.25, 0.3) is 0 Å². The van der Waals surface area contributed by atoms with Crippen LogP contribution in [-0.4, -0.2) is 16.8 Å². The molecule has 1 N–H and O–H groups in total. The van der Waals surface area contributed by atoms with Crippen LogP contribution in [0.5, 0.6) is 11.5 Å². The van der Waals surface area contributed by atoms with E-state index in [1.807, 2.05) is 48.5 Å². The van der Waals surface area contributed by atoms with Crippen LogP contribution >= 0.6 is 12.2 Å². The zero-order chi connectivity index (χ0) is 18.5. The molecule has 0 aliphatic carbocycles. The van der Waals surface area contributed by atoms with Crippen molar-refractivity contribution in [1.82, 2.24) is 10.2 Å². The first kappa shape index (κ1) is 17.4. The third-order valence-electron chi connectivity index (χ3n) is 4.31. The van der Waals surface area contributed by atoms with Gasteiger partial charge in [-0.25, -0.2) is 0 Å². The van der Waals surface area contributed by atoms with Crippen LogP contribution in [0.3, 0.4) is 0 Å².